The number of nitrogens with two attached hydrogens (primary N) is 1. The van der Waals surface area contributed by atoms with Crippen molar-refractivity contribution in [1.29, 1.82) is 0 Å². The number of aromatic nitrogens is 3. The summed E-state index contributed by atoms with van der Waals surface area (Å²) >= 11 is 0. The number of aliphatic hydroxyl groups excluding tert-OH is 1. The Balaban J connectivity index is 1.83. The van der Waals surface area contributed by atoms with E-state index in [4.69, 9.17) is 20.6 Å². The summed E-state index contributed by atoms with van der Waals surface area (Å²) in [6, 6.07) is 10.1. The summed E-state index contributed by atoms with van der Waals surface area (Å²) in [6.07, 6.45) is 4.57. The Morgan fingerprint density at radius 2 is 2.08 bits per heavy atom. The largest absolute Gasteiger partial charge is 0.396 e. The zero-order valence-electron chi connectivity index (χ0n) is 15.6. The lowest BCUT2D eigenvalue weighted by atomic mass is 9.83. The van der Waals surface area contributed by atoms with E-state index >= 15 is 0 Å². The maximum absolute atomic E-state index is 9.23. The van der Waals surface area contributed by atoms with Gasteiger partial charge in [0.2, 0.25) is 0 Å². The van der Waals surface area contributed by atoms with Crippen LogP contribution in [-0.2, 0) is 11.3 Å². The molecule has 3 atom stereocenters. The Morgan fingerprint density at radius 1 is 1.27 bits per heavy atom. The normalized spacial score (nSPS) is 23.3. The molecule has 0 amide bonds. The van der Waals surface area contributed by atoms with E-state index < -0.39 is 0 Å². The Labute approximate surface area is 155 Å². The zero-order chi connectivity index (χ0) is 18.4. The van der Waals surface area contributed by atoms with Gasteiger partial charge in [-0.05, 0) is 32.1 Å². The lowest BCUT2D eigenvalue weighted by Crippen LogP contribution is -2.42. The van der Waals surface area contributed by atoms with Gasteiger partial charge in [0.05, 0.1) is 6.10 Å². The third-order valence-corrected chi connectivity index (χ3v) is 5.00. The van der Waals surface area contributed by atoms with Gasteiger partial charge in [0.25, 0.3) is 0 Å². The molecular weight excluding hydrogens is 328 g/mol. The molecule has 1 aromatic heterocycles. The van der Waals surface area contributed by atoms with Crippen LogP contribution in [0.15, 0.2) is 30.3 Å². The van der Waals surface area contributed by atoms with Crippen LogP contribution in [0.4, 0.5) is 0 Å². The molecule has 1 heterocycles. The smallest absolute Gasteiger partial charge is 0.181 e. The molecule has 0 bridgehead atoms. The second-order valence-corrected chi connectivity index (χ2v) is 7.04. The Hall–Kier alpha value is -1.76. The first-order chi connectivity index (χ1) is 12.7. The summed E-state index contributed by atoms with van der Waals surface area (Å²) in [7, 11) is 0. The Kier molecular flexibility index (Phi) is 6.77. The zero-order valence-corrected chi connectivity index (χ0v) is 15.6. The SMILES string of the molecule is CCCO[C@@H]1C[C@@H](c2nc(-c3ccccc3)nn2CCCO)CC[C@H]1N. The predicted octanol–water partition coefficient (Wildman–Crippen LogP) is 2.72. The standard InChI is InChI=1S/C20H30N4O2/c1-2-13-26-18-14-16(9-10-17(18)21)20-22-19(15-7-4-3-5-8-15)23-24(20)11-6-12-25/h3-5,7-8,16-18,25H,2,6,9-14,21H2,1H3/t16-,17+,18+/m0/s1. The van der Waals surface area contributed by atoms with Crippen LogP contribution in [0.3, 0.4) is 0 Å². The average Bonchev–Trinajstić information content (AvgIpc) is 3.10. The van der Waals surface area contributed by atoms with Crippen molar-refractivity contribution in [3.63, 3.8) is 0 Å². The van der Waals surface area contributed by atoms with Crippen LogP contribution in [0, 0.1) is 0 Å². The molecule has 6 heteroatoms. The maximum Gasteiger partial charge on any atom is 0.181 e. The summed E-state index contributed by atoms with van der Waals surface area (Å²) in [4.78, 5) is 4.87. The minimum absolute atomic E-state index is 0.0804. The average molecular weight is 358 g/mol. The fraction of sp³-hybridized carbons (Fsp3) is 0.600. The van der Waals surface area contributed by atoms with Crippen molar-refractivity contribution in [1.82, 2.24) is 14.8 Å². The summed E-state index contributed by atoms with van der Waals surface area (Å²) in [5, 5.41) is 14.0. The molecule has 1 aliphatic carbocycles. The summed E-state index contributed by atoms with van der Waals surface area (Å²) in [5.74, 6) is 2.04. The van der Waals surface area contributed by atoms with Crippen molar-refractivity contribution in [3.8, 4) is 11.4 Å². The highest BCUT2D eigenvalue weighted by atomic mass is 16.5. The number of aliphatic hydroxyl groups is 1. The Morgan fingerprint density at radius 3 is 2.81 bits per heavy atom. The van der Waals surface area contributed by atoms with Gasteiger partial charge in [-0.1, -0.05) is 37.3 Å². The van der Waals surface area contributed by atoms with Crippen molar-refractivity contribution in [2.45, 2.75) is 63.6 Å². The summed E-state index contributed by atoms with van der Waals surface area (Å²) in [5.41, 5.74) is 7.29. The third-order valence-electron chi connectivity index (χ3n) is 5.00. The van der Waals surface area contributed by atoms with Gasteiger partial charge >= 0.3 is 0 Å². The number of ether oxygens (including phenoxy) is 1. The second-order valence-electron chi connectivity index (χ2n) is 7.04. The fourth-order valence-electron chi connectivity index (χ4n) is 3.60. The molecular formula is C20H30N4O2. The molecule has 0 radical (unpaired) electrons. The van der Waals surface area contributed by atoms with Crippen LogP contribution in [0.1, 0.15) is 50.8 Å². The van der Waals surface area contributed by atoms with Crippen LogP contribution in [-0.4, -0.2) is 45.2 Å². The maximum atomic E-state index is 9.23. The molecule has 1 fully saturated rings. The van der Waals surface area contributed by atoms with Crippen molar-refractivity contribution >= 4 is 0 Å². The predicted molar refractivity (Wildman–Crippen MR) is 102 cm³/mol. The first kappa shape index (κ1) is 19.0. The molecule has 0 spiro atoms. The van der Waals surface area contributed by atoms with Crippen LogP contribution < -0.4 is 5.73 Å². The number of aryl methyl sites for hydroxylation is 1. The van der Waals surface area contributed by atoms with Gasteiger partial charge in [-0.25, -0.2) is 9.67 Å². The molecule has 142 valence electrons. The Bertz CT molecular complexity index is 674. The van der Waals surface area contributed by atoms with Crippen molar-refractivity contribution < 1.29 is 9.84 Å². The van der Waals surface area contributed by atoms with E-state index in [2.05, 4.69) is 6.92 Å². The van der Waals surface area contributed by atoms with Crippen molar-refractivity contribution in [3.05, 3.63) is 36.2 Å². The van der Waals surface area contributed by atoms with Gasteiger partial charge in [-0.2, -0.15) is 5.10 Å². The first-order valence-electron chi connectivity index (χ1n) is 9.71. The summed E-state index contributed by atoms with van der Waals surface area (Å²) < 4.78 is 7.96. The summed E-state index contributed by atoms with van der Waals surface area (Å²) in [6.45, 7) is 3.69. The lowest BCUT2D eigenvalue weighted by Gasteiger charge is -2.33. The molecule has 1 aliphatic rings. The number of nitrogens with zero attached hydrogens (tertiary/aromatic N) is 3. The van der Waals surface area contributed by atoms with E-state index in [0.29, 0.717) is 18.9 Å². The lowest BCUT2D eigenvalue weighted by molar-refractivity contribution is 0.00859. The minimum Gasteiger partial charge on any atom is -0.396 e. The number of hydrogen-bond acceptors (Lipinski definition) is 5. The quantitative estimate of drug-likeness (QED) is 0.758. The van der Waals surface area contributed by atoms with Gasteiger partial charge in [-0.15, -0.1) is 0 Å². The molecule has 2 aromatic rings. The molecule has 0 unspecified atom stereocenters. The highest BCUT2D eigenvalue weighted by Crippen LogP contribution is 2.34. The van der Waals surface area contributed by atoms with E-state index in [1.54, 1.807) is 0 Å². The molecule has 3 rings (SSSR count). The fourth-order valence-corrected chi connectivity index (χ4v) is 3.60. The molecule has 0 aliphatic heterocycles. The second kappa shape index (κ2) is 9.26. The number of benzene rings is 1. The van der Waals surface area contributed by atoms with E-state index in [-0.39, 0.29) is 18.8 Å². The number of rotatable bonds is 8. The highest BCUT2D eigenvalue weighted by Gasteiger charge is 2.32. The third kappa shape index (κ3) is 4.50. The first-order valence-corrected chi connectivity index (χ1v) is 9.71. The van der Waals surface area contributed by atoms with Crippen LogP contribution >= 0.6 is 0 Å². The molecule has 1 aromatic carbocycles. The van der Waals surface area contributed by atoms with Gasteiger partial charge in [0, 0.05) is 37.3 Å². The minimum atomic E-state index is 0.0804. The molecule has 1 saturated carbocycles. The van der Waals surface area contributed by atoms with E-state index in [1.165, 1.54) is 0 Å². The van der Waals surface area contributed by atoms with E-state index in [1.807, 2.05) is 35.0 Å². The van der Waals surface area contributed by atoms with Gasteiger partial charge < -0.3 is 15.6 Å². The van der Waals surface area contributed by atoms with E-state index in [0.717, 1.165) is 49.5 Å². The van der Waals surface area contributed by atoms with Gasteiger partial charge in [0.15, 0.2) is 5.82 Å². The molecule has 6 nitrogen and oxygen atoms in total. The topological polar surface area (TPSA) is 86.2 Å². The van der Waals surface area contributed by atoms with Crippen molar-refractivity contribution in [2.24, 2.45) is 5.73 Å². The molecule has 26 heavy (non-hydrogen) atoms. The number of hydrogen-bond donors (Lipinski definition) is 2. The van der Waals surface area contributed by atoms with Crippen LogP contribution in [0.2, 0.25) is 0 Å². The highest BCUT2D eigenvalue weighted by molar-refractivity contribution is 5.54. The molecule has 3 N–H and O–H groups in total. The molecule has 0 saturated heterocycles. The van der Waals surface area contributed by atoms with Gasteiger partial charge in [0.1, 0.15) is 5.82 Å². The monoisotopic (exact) mass is 358 g/mol. The van der Waals surface area contributed by atoms with Crippen molar-refractivity contribution in [2.75, 3.05) is 13.2 Å². The van der Waals surface area contributed by atoms with Crippen LogP contribution in [0.5, 0.6) is 0 Å². The van der Waals surface area contributed by atoms with Crippen LogP contribution in [0.25, 0.3) is 11.4 Å². The van der Waals surface area contributed by atoms with Gasteiger partial charge in [-0.3, -0.25) is 0 Å². The van der Waals surface area contributed by atoms with E-state index in [9.17, 15) is 5.11 Å².